The smallest absolute Gasteiger partial charge is 0.243 e. The standard InChI is InChI=1S/C16H17BrN2O3S/c17-13-4-3-5-14(12-13)23(21,22)19-10-8-18(9-11-19)15-6-1-2-7-16(15)20/h1-7,12,20H,8-11H2. The molecule has 0 saturated carbocycles. The Morgan fingerprint density at radius 3 is 2.30 bits per heavy atom. The first-order valence-corrected chi connectivity index (χ1v) is 9.50. The number of rotatable bonds is 3. The van der Waals surface area contributed by atoms with Crippen LogP contribution in [0.4, 0.5) is 5.69 Å². The highest BCUT2D eigenvalue weighted by molar-refractivity contribution is 9.10. The van der Waals surface area contributed by atoms with Crippen LogP contribution in [0, 0.1) is 0 Å². The number of para-hydroxylation sites is 2. The summed E-state index contributed by atoms with van der Waals surface area (Å²) >= 11 is 3.31. The molecule has 0 unspecified atom stereocenters. The van der Waals surface area contributed by atoms with Crippen LogP contribution in [0.25, 0.3) is 0 Å². The monoisotopic (exact) mass is 396 g/mol. The number of aromatic hydroxyl groups is 1. The minimum absolute atomic E-state index is 0.218. The van der Waals surface area contributed by atoms with Gasteiger partial charge in [0.1, 0.15) is 5.75 Å². The SMILES string of the molecule is O=S(=O)(c1cccc(Br)c1)N1CCN(c2ccccc2O)CC1. The van der Waals surface area contributed by atoms with Crippen LogP contribution in [0.1, 0.15) is 0 Å². The number of anilines is 1. The van der Waals surface area contributed by atoms with Gasteiger partial charge in [0, 0.05) is 30.7 Å². The Labute approximate surface area is 144 Å². The Balaban J connectivity index is 1.75. The molecule has 0 atom stereocenters. The molecule has 0 spiro atoms. The summed E-state index contributed by atoms with van der Waals surface area (Å²) in [6, 6.07) is 13.9. The van der Waals surface area contributed by atoms with E-state index in [-0.39, 0.29) is 5.75 Å². The average Bonchev–Trinajstić information content (AvgIpc) is 2.55. The van der Waals surface area contributed by atoms with Crippen molar-refractivity contribution in [1.82, 2.24) is 4.31 Å². The van der Waals surface area contributed by atoms with Crippen molar-refractivity contribution in [2.24, 2.45) is 0 Å². The predicted molar refractivity (Wildman–Crippen MR) is 93.2 cm³/mol. The highest BCUT2D eigenvalue weighted by Crippen LogP contribution is 2.28. The maximum Gasteiger partial charge on any atom is 0.243 e. The zero-order valence-corrected chi connectivity index (χ0v) is 14.8. The second kappa shape index (κ2) is 6.51. The average molecular weight is 397 g/mol. The summed E-state index contributed by atoms with van der Waals surface area (Å²) in [6.07, 6.45) is 0. The fraction of sp³-hybridized carbons (Fsp3) is 0.250. The topological polar surface area (TPSA) is 60.9 Å². The van der Waals surface area contributed by atoms with E-state index in [2.05, 4.69) is 15.9 Å². The van der Waals surface area contributed by atoms with E-state index in [0.717, 1.165) is 10.2 Å². The van der Waals surface area contributed by atoms with Crippen LogP contribution < -0.4 is 4.90 Å². The number of phenolic OH excluding ortho intramolecular Hbond substituents is 1. The first-order chi connectivity index (χ1) is 11.0. The molecule has 1 N–H and O–H groups in total. The van der Waals surface area contributed by atoms with Gasteiger partial charge in [-0.15, -0.1) is 0 Å². The molecule has 1 fully saturated rings. The van der Waals surface area contributed by atoms with Gasteiger partial charge in [0.2, 0.25) is 10.0 Å². The summed E-state index contributed by atoms with van der Waals surface area (Å²) in [5.74, 6) is 0.218. The van der Waals surface area contributed by atoms with Crippen molar-refractivity contribution >= 4 is 31.6 Å². The molecular formula is C16H17BrN2O3S. The van der Waals surface area contributed by atoms with Crippen LogP contribution in [0.15, 0.2) is 57.9 Å². The van der Waals surface area contributed by atoms with Crippen LogP contribution in [-0.4, -0.2) is 44.0 Å². The van der Waals surface area contributed by atoms with Gasteiger partial charge >= 0.3 is 0 Å². The molecule has 122 valence electrons. The molecule has 5 nitrogen and oxygen atoms in total. The normalized spacial score (nSPS) is 16.5. The molecule has 0 aromatic heterocycles. The minimum Gasteiger partial charge on any atom is -0.506 e. The van der Waals surface area contributed by atoms with E-state index in [9.17, 15) is 13.5 Å². The molecule has 2 aromatic rings. The van der Waals surface area contributed by atoms with Crippen molar-refractivity contribution in [3.63, 3.8) is 0 Å². The van der Waals surface area contributed by atoms with Crippen molar-refractivity contribution in [1.29, 1.82) is 0 Å². The van der Waals surface area contributed by atoms with E-state index in [0.29, 0.717) is 31.1 Å². The minimum atomic E-state index is -3.49. The number of piperazine rings is 1. The lowest BCUT2D eigenvalue weighted by Gasteiger charge is -2.35. The summed E-state index contributed by atoms with van der Waals surface area (Å²) in [5.41, 5.74) is 0.743. The van der Waals surface area contributed by atoms with Crippen LogP contribution in [0.3, 0.4) is 0 Å². The van der Waals surface area contributed by atoms with Gasteiger partial charge in [-0.1, -0.05) is 34.1 Å². The highest BCUT2D eigenvalue weighted by atomic mass is 79.9. The first-order valence-electron chi connectivity index (χ1n) is 7.27. The van der Waals surface area contributed by atoms with Crippen molar-refractivity contribution in [3.05, 3.63) is 53.0 Å². The number of hydrogen-bond acceptors (Lipinski definition) is 4. The van der Waals surface area contributed by atoms with Gasteiger partial charge in [-0.25, -0.2) is 8.42 Å². The Kier molecular flexibility index (Phi) is 4.61. The van der Waals surface area contributed by atoms with Crippen LogP contribution in [0.2, 0.25) is 0 Å². The van der Waals surface area contributed by atoms with Crippen molar-refractivity contribution in [3.8, 4) is 5.75 Å². The number of benzene rings is 2. The second-order valence-electron chi connectivity index (χ2n) is 5.34. The van der Waals surface area contributed by atoms with Crippen molar-refractivity contribution < 1.29 is 13.5 Å². The largest absolute Gasteiger partial charge is 0.506 e. The van der Waals surface area contributed by atoms with E-state index >= 15 is 0 Å². The van der Waals surface area contributed by atoms with E-state index in [1.54, 1.807) is 36.4 Å². The zero-order chi connectivity index (χ0) is 16.4. The second-order valence-corrected chi connectivity index (χ2v) is 8.19. The van der Waals surface area contributed by atoms with E-state index in [1.807, 2.05) is 17.0 Å². The molecule has 0 bridgehead atoms. The number of halogens is 1. The third kappa shape index (κ3) is 3.36. The summed E-state index contributed by atoms with van der Waals surface area (Å²) in [6.45, 7) is 1.88. The molecule has 0 radical (unpaired) electrons. The predicted octanol–water partition coefficient (Wildman–Crippen LogP) is 2.67. The molecule has 3 rings (SSSR count). The fourth-order valence-corrected chi connectivity index (χ4v) is 4.70. The Morgan fingerprint density at radius 2 is 1.65 bits per heavy atom. The lowest BCUT2D eigenvalue weighted by molar-refractivity contribution is 0.382. The van der Waals surface area contributed by atoms with Crippen molar-refractivity contribution in [2.75, 3.05) is 31.1 Å². The molecular weight excluding hydrogens is 380 g/mol. The Hall–Kier alpha value is -1.57. The number of nitrogens with zero attached hydrogens (tertiary/aromatic N) is 2. The third-order valence-electron chi connectivity index (χ3n) is 3.89. The van der Waals surface area contributed by atoms with E-state index in [1.165, 1.54) is 4.31 Å². The van der Waals surface area contributed by atoms with Crippen molar-refractivity contribution in [2.45, 2.75) is 4.90 Å². The van der Waals surface area contributed by atoms with Crippen LogP contribution >= 0.6 is 15.9 Å². The molecule has 1 aliphatic heterocycles. The fourth-order valence-electron chi connectivity index (χ4n) is 2.68. The maximum atomic E-state index is 12.7. The zero-order valence-electron chi connectivity index (χ0n) is 12.4. The third-order valence-corrected chi connectivity index (χ3v) is 6.28. The maximum absolute atomic E-state index is 12.7. The number of sulfonamides is 1. The molecule has 23 heavy (non-hydrogen) atoms. The van der Waals surface area contributed by atoms with Crippen LogP contribution in [-0.2, 0) is 10.0 Å². The summed E-state index contributed by atoms with van der Waals surface area (Å²) in [5, 5.41) is 9.92. The van der Waals surface area contributed by atoms with E-state index in [4.69, 9.17) is 0 Å². The summed E-state index contributed by atoms with van der Waals surface area (Å²) in [4.78, 5) is 2.30. The molecule has 7 heteroatoms. The van der Waals surface area contributed by atoms with Gasteiger partial charge in [-0.2, -0.15) is 4.31 Å². The lowest BCUT2D eigenvalue weighted by Crippen LogP contribution is -2.48. The number of hydrogen-bond donors (Lipinski definition) is 1. The summed E-state index contributed by atoms with van der Waals surface area (Å²) < 4.78 is 27.6. The van der Waals surface area contributed by atoms with Gasteiger partial charge in [0.15, 0.2) is 0 Å². The molecule has 1 heterocycles. The molecule has 2 aromatic carbocycles. The number of phenols is 1. The quantitative estimate of drug-likeness (QED) is 0.865. The highest BCUT2D eigenvalue weighted by Gasteiger charge is 2.29. The molecule has 0 aliphatic carbocycles. The van der Waals surface area contributed by atoms with Gasteiger partial charge in [-0.05, 0) is 30.3 Å². The van der Waals surface area contributed by atoms with Gasteiger partial charge < -0.3 is 10.0 Å². The molecule has 1 aliphatic rings. The van der Waals surface area contributed by atoms with Crippen LogP contribution in [0.5, 0.6) is 5.75 Å². The lowest BCUT2D eigenvalue weighted by atomic mass is 10.2. The molecule has 1 saturated heterocycles. The first kappa shape index (κ1) is 16.3. The molecule has 0 amide bonds. The van der Waals surface area contributed by atoms with Gasteiger partial charge in [0.25, 0.3) is 0 Å². The van der Waals surface area contributed by atoms with Gasteiger partial charge in [0.05, 0.1) is 10.6 Å². The van der Waals surface area contributed by atoms with E-state index < -0.39 is 10.0 Å². The van der Waals surface area contributed by atoms with Gasteiger partial charge in [-0.3, -0.25) is 0 Å². The Bertz CT molecular complexity index is 802. The Morgan fingerprint density at radius 1 is 0.957 bits per heavy atom. The summed E-state index contributed by atoms with van der Waals surface area (Å²) in [7, 11) is -3.49.